The number of benzene rings is 1. The predicted octanol–water partition coefficient (Wildman–Crippen LogP) is 1.48. The van der Waals surface area contributed by atoms with Crippen molar-refractivity contribution in [3.8, 4) is 0 Å². The molecule has 2 fully saturated rings. The molecule has 0 radical (unpaired) electrons. The van der Waals surface area contributed by atoms with Crippen molar-refractivity contribution in [3.63, 3.8) is 0 Å². The molecule has 2 saturated heterocycles. The Morgan fingerprint density at radius 3 is 2.83 bits per heavy atom. The fraction of sp³-hybridized carbons (Fsp3) is 0.421. The number of aromatic nitrogens is 1. The van der Waals surface area contributed by atoms with E-state index in [9.17, 15) is 9.59 Å². The Labute approximate surface area is 177 Å². The van der Waals surface area contributed by atoms with Crippen LogP contribution in [0.3, 0.4) is 0 Å². The molecule has 9 nitrogen and oxygen atoms in total. The maximum Gasteiger partial charge on any atom is 0.292 e. The van der Waals surface area contributed by atoms with Gasteiger partial charge in [0.05, 0.1) is 12.2 Å². The van der Waals surface area contributed by atoms with Crippen LogP contribution >= 0.6 is 15.9 Å². The summed E-state index contributed by atoms with van der Waals surface area (Å²) in [6.45, 7) is 4.73. The number of nitrogens with one attached hydrogen (secondary N) is 1. The fourth-order valence-electron chi connectivity index (χ4n) is 3.76. The van der Waals surface area contributed by atoms with Gasteiger partial charge in [0.25, 0.3) is 11.9 Å². The average Bonchev–Trinajstić information content (AvgIpc) is 3.10. The number of oxazole rings is 1. The van der Waals surface area contributed by atoms with E-state index in [-0.39, 0.29) is 17.6 Å². The van der Waals surface area contributed by atoms with Crippen molar-refractivity contribution < 1.29 is 14.0 Å². The van der Waals surface area contributed by atoms with Crippen LogP contribution in [0.4, 0.5) is 17.4 Å². The van der Waals surface area contributed by atoms with E-state index in [1.807, 2.05) is 28.0 Å². The van der Waals surface area contributed by atoms with Crippen molar-refractivity contribution in [2.45, 2.75) is 0 Å². The third-order valence-corrected chi connectivity index (χ3v) is 5.95. The zero-order valence-corrected chi connectivity index (χ0v) is 17.7. The van der Waals surface area contributed by atoms with Crippen LogP contribution in [0.2, 0.25) is 0 Å². The van der Waals surface area contributed by atoms with Gasteiger partial charge >= 0.3 is 0 Å². The lowest BCUT2D eigenvalue weighted by atomic mass is 10.00. The number of hydrogen-bond donors (Lipinski definition) is 2. The Morgan fingerprint density at radius 2 is 2.17 bits per heavy atom. The number of rotatable bonds is 5. The lowest BCUT2D eigenvalue weighted by Gasteiger charge is -2.42. The number of anilines is 3. The summed E-state index contributed by atoms with van der Waals surface area (Å²) in [6, 6.07) is 5.56. The number of amides is 2. The molecular weight excluding hydrogens is 440 g/mol. The highest BCUT2D eigenvalue weighted by molar-refractivity contribution is 9.10. The summed E-state index contributed by atoms with van der Waals surface area (Å²) >= 11 is 3.45. The molecule has 2 aliphatic heterocycles. The number of nitrogen functional groups attached to an aromatic ring is 1. The molecule has 2 aromatic rings. The van der Waals surface area contributed by atoms with E-state index in [1.54, 1.807) is 0 Å². The minimum Gasteiger partial charge on any atom is -0.431 e. The van der Waals surface area contributed by atoms with Gasteiger partial charge in [-0.25, -0.2) is 0 Å². The fourth-order valence-corrected chi connectivity index (χ4v) is 4.11. The molecule has 2 aliphatic rings. The third kappa shape index (κ3) is 4.38. The summed E-state index contributed by atoms with van der Waals surface area (Å²) in [5, 5.41) is 2.79. The van der Waals surface area contributed by atoms with Gasteiger partial charge in [-0.1, -0.05) is 0 Å². The summed E-state index contributed by atoms with van der Waals surface area (Å²) < 4.78 is 5.61. The van der Waals surface area contributed by atoms with E-state index in [2.05, 4.69) is 38.2 Å². The lowest BCUT2D eigenvalue weighted by Crippen LogP contribution is -2.56. The van der Waals surface area contributed by atoms with E-state index >= 15 is 0 Å². The Balaban J connectivity index is 1.41. The summed E-state index contributed by atoms with van der Waals surface area (Å²) in [5.41, 5.74) is 6.98. The monoisotopic (exact) mass is 462 g/mol. The topological polar surface area (TPSA) is 108 Å². The molecule has 29 heavy (non-hydrogen) atoms. The molecule has 10 heteroatoms. The normalized spacial score (nSPS) is 18.1. The molecular formula is C19H23BrN6O3. The number of carbonyl (C=O) groups excluding carboxylic acids is 2. The zero-order valence-electron chi connectivity index (χ0n) is 16.1. The van der Waals surface area contributed by atoms with Gasteiger partial charge in [-0.3, -0.25) is 9.59 Å². The van der Waals surface area contributed by atoms with Crippen molar-refractivity contribution in [3.05, 3.63) is 34.6 Å². The maximum atomic E-state index is 12.6. The quantitative estimate of drug-likeness (QED) is 0.692. The Kier molecular flexibility index (Phi) is 5.46. The Morgan fingerprint density at radius 1 is 1.38 bits per heavy atom. The molecule has 0 aliphatic carbocycles. The Bertz CT molecular complexity index is 926. The number of carbonyl (C=O) groups is 2. The Hall–Kier alpha value is -2.59. The van der Waals surface area contributed by atoms with E-state index in [4.69, 9.17) is 10.2 Å². The van der Waals surface area contributed by atoms with Crippen molar-refractivity contribution in [2.24, 2.45) is 5.92 Å². The third-order valence-electron chi connectivity index (χ3n) is 5.25. The number of nitrogens with two attached hydrogens (primary N) is 1. The van der Waals surface area contributed by atoms with E-state index in [0.717, 1.165) is 36.3 Å². The van der Waals surface area contributed by atoms with Crippen molar-refractivity contribution >= 4 is 45.1 Å². The van der Waals surface area contributed by atoms with Gasteiger partial charge in [-0.15, -0.1) is 0 Å². The first-order valence-corrected chi connectivity index (χ1v) is 10.2. The molecule has 0 unspecified atom stereocenters. The highest BCUT2D eigenvalue weighted by atomic mass is 79.9. The number of likely N-dealkylation sites (tertiary alicyclic amines) is 1. The van der Waals surface area contributed by atoms with E-state index < -0.39 is 5.91 Å². The molecule has 0 bridgehead atoms. The van der Waals surface area contributed by atoms with Gasteiger partial charge in [0.15, 0.2) is 5.69 Å². The molecule has 0 atom stereocenters. The first-order valence-electron chi connectivity index (χ1n) is 9.42. The van der Waals surface area contributed by atoms with Crippen LogP contribution in [0.15, 0.2) is 33.4 Å². The molecule has 1 aromatic heterocycles. The minimum absolute atomic E-state index is 0.0621. The molecule has 4 rings (SSSR count). The van der Waals surface area contributed by atoms with Crippen LogP contribution in [0.5, 0.6) is 0 Å². The van der Waals surface area contributed by atoms with Crippen LogP contribution in [-0.2, 0) is 4.79 Å². The SMILES string of the molecule is CN1CC(CN2CCN(c3ccc(Br)c(NC(=O)c4coc(N)n4)c3)CC2=O)C1. The van der Waals surface area contributed by atoms with Crippen LogP contribution in [0.1, 0.15) is 10.5 Å². The largest absolute Gasteiger partial charge is 0.431 e. The van der Waals surface area contributed by atoms with Gasteiger partial charge < -0.3 is 30.2 Å². The first-order chi connectivity index (χ1) is 13.9. The molecule has 0 spiro atoms. The minimum atomic E-state index is -0.422. The predicted molar refractivity (Wildman–Crippen MR) is 113 cm³/mol. The van der Waals surface area contributed by atoms with Gasteiger partial charge in [0.2, 0.25) is 5.91 Å². The molecule has 3 heterocycles. The second-order valence-corrected chi connectivity index (χ2v) is 8.39. The van der Waals surface area contributed by atoms with Crippen molar-refractivity contribution in [2.75, 3.05) is 62.3 Å². The van der Waals surface area contributed by atoms with Gasteiger partial charge in [0, 0.05) is 48.8 Å². The van der Waals surface area contributed by atoms with Crippen molar-refractivity contribution in [1.29, 1.82) is 0 Å². The maximum absolute atomic E-state index is 12.6. The lowest BCUT2D eigenvalue weighted by molar-refractivity contribution is -0.132. The van der Waals surface area contributed by atoms with E-state index in [1.165, 1.54) is 6.26 Å². The number of hydrogen-bond acceptors (Lipinski definition) is 7. The molecule has 3 N–H and O–H groups in total. The number of halogens is 1. The molecule has 0 saturated carbocycles. The summed E-state index contributed by atoms with van der Waals surface area (Å²) in [5.74, 6) is 0.294. The average molecular weight is 463 g/mol. The molecule has 154 valence electrons. The second-order valence-electron chi connectivity index (χ2n) is 7.54. The summed E-state index contributed by atoms with van der Waals surface area (Å²) in [7, 11) is 2.09. The van der Waals surface area contributed by atoms with Gasteiger partial charge in [0.1, 0.15) is 6.26 Å². The zero-order chi connectivity index (χ0) is 20.5. The highest BCUT2D eigenvalue weighted by Gasteiger charge is 2.30. The number of nitrogens with zero attached hydrogens (tertiary/aromatic N) is 4. The molecule has 1 aromatic carbocycles. The first kappa shape index (κ1) is 19.7. The van der Waals surface area contributed by atoms with Gasteiger partial charge in [-0.2, -0.15) is 4.98 Å². The van der Waals surface area contributed by atoms with Crippen LogP contribution < -0.4 is 16.0 Å². The van der Waals surface area contributed by atoms with Crippen LogP contribution in [0.25, 0.3) is 0 Å². The summed E-state index contributed by atoms with van der Waals surface area (Å²) in [6.07, 6.45) is 1.21. The molecule has 2 amide bonds. The van der Waals surface area contributed by atoms with Crippen LogP contribution in [0, 0.1) is 5.92 Å². The van der Waals surface area contributed by atoms with Crippen LogP contribution in [-0.4, -0.2) is 72.9 Å². The van der Waals surface area contributed by atoms with Gasteiger partial charge in [-0.05, 0) is 41.2 Å². The summed E-state index contributed by atoms with van der Waals surface area (Å²) in [4.78, 5) is 35.0. The van der Waals surface area contributed by atoms with E-state index in [0.29, 0.717) is 24.7 Å². The second kappa shape index (κ2) is 8.03. The highest BCUT2D eigenvalue weighted by Crippen LogP contribution is 2.29. The van der Waals surface area contributed by atoms with Crippen molar-refractivity contribution in [1.82, 2.24) is 14.8 Å². The number of piperazine rings is 1. The standard InChI is InChI=1S/C19H23BrN6O3/c1-24-7-12(8-24)9-26-5-4-25(10-17(26)27)13-2-3-14(20)15(6-13)22-18(28)16-11-29-19(21)23-16/h2-3,6,11-12H,4-5,7-10H2,1H3,(H2,21,23)(H,22,28). The smallest absolute Gasteiger partial charge is 0.292 e.